The van der Waals surface area contributed by atoms with Gasteiger partial charge in [-0.2, -0.15) is 0 Å². The van der Waals surface area contributed by atoms with Crippen LogP contribution in [0.3, 0.4) is 0 Å². The summed E-state index contributed by atoms with van der Waals surface area (Å²) in [5, 5.41) is 3.76. The van der Waals surface area contributed by atoms with Crippen molar-refractivity contribution in [3.63, 3.8) is 0 Å². The van der Waals surface area contributed by atoms with Crippen LogP contribution < -0.4 is 5.32 Å². The van der Waals surface area contributed by atoms with Gasteiger partial charge in [-0.1, -0.05) is 27.7 Å². The molecule has 112 valence electrons. The summed E-state index contributed by atoms with van der Waals surface area (Å²) in [5.74, 6) is 0.850. The lowest BCUT2D eigenvalue weighted by atomic mass is 9.84. The van der Waals surface area contributed by atoms with Crippen molar-refractivity contribution in [3.8, 4) is 0 Å². The van der Waals surface area contributed by atoms with E-state index < -0.39 is 0 Å². The smallest absolute Gasteiger partial charge is 0.0159 e. The van der Waals surface area contributed by atoms with Crippen LogP contribution in [-0.2, 0) is 0 Å². The molecule has 3 nitrogen and oxygen atoms in total. The number of nitrogens with one attached hydrogen (secondary N) is 1. The van der Waals surface area contributed by atoms with Crippen LogP contribution >= 0.6 is 0 Å². The first kappa shape index (κ1) is 15.3. The Morgan fingerprint density at radius 2 is 1.68 bits per heavy atom. The molecule has 0 aromatic heterocycles. The minimum Gasteiger partial charge on any atom is -0.313 e. The molecule has 19 heavy (non-hydrogen) atoms. The van der Waals surface area contributed by atoms with Gasteiger partial charge < -0.3 is 15.1 Å². The molecule has 1 N–H and O–H groups in total. The van der Waals surface area contributed by atoms with Crippen molar-refractivity contribution < 1.29 is 0 Å². The Hall–Kier alpha value is -0.120. The van der Waals surface area contributed by atoms with Gasteiger partial charge in [-0.15, -0.1) is 0 Å². The Morgan fingerprint density at radius 1 is 1.05 bits per heavy atom. The normalized spacial score (nSPS) is 32.8. The summed E-state index contributed by atoms with van der Waals surface area (Å²) < 4.78 is 0. The predicted molar refractivity (Wildman–Crippen MR) is 82.5 cm³/mol. The molecule has 1 aliphatic carbocycles. The summed E-state index contributed by atoms with van der Waals surface area (Å²) in [6.07, 6.45) is 2.78. The van der Waals surface area contributed by atoms with E-state index in [4.69, 9.17) is 0 Å². The number of hydrogen-bond acceptors (Lipinski definition) is 3. The Labute approximate surface area is 119 Å². The molecule has 3 heteroatoms. The first-order valence-corrected chi connectivity index (χ1v) is 8.25. The molecule has 1 saturated heterocycles. The second-order valence-corrected chi connectivity index (χ2v) is 7.06. The third-order valence-corrected chi connectivity index (χ3v) is 5.30. The van der Waals surface area contributed by atoms with Gasteiger partial charge in [-0.25, -0.2) is 0 Å². The standard InChI is InChI=1S/C16H33N3/c1-5-17-15-14(7-8-16(15,3)4)13-19-11-9-18(6-2)10-12-19/h14-15,17H,5-13H2,1-4H3. The molecule has 0 aromatic rings. The maximum absolute atomic E-state index is 3.76. The van der Waals surface area contributed by atoms with E-state index in [1.54, 1.807) is 0 Å². The van der Waals surface area contributed by atoms with Crippen molar-refractivity contribution in [1.82, 2.24) is 15.1 Å². The van der Waals surface area contributed by atoms with E-state index in [1.807, 2.05) is 0 Å². The van der Waals surface area contributed by atoms with Crippen LogP contribution in [0.1, 0.15) is 40.5 Å². The van der Waals surface area contributed by atoms with Gasteiger partial charge in [-0.3, -0.25) is 0 Å². The molecule has 2 unspecified atom stereocenters. The second kappa shape index (κ2) is 6.55. The lowest BCUT2D eigenvalue weighted by Crippen LogP contribution is -2.50. The quantitative estimate of drug-likeness (QED) is 0.822. The molecular formula is C16H33N3. The molecule has 2 aliphatic rings. The zero-order valence-corrected chi connectivity index (χ0v) is 13.4. The molecule has 0 aromatic carbocycles. The summed E-state index contributed by atoms with van der Waals surface area (Å²) in [6.45, 7) is 18.1. The maximum Gasteiger partial charge on any atom is 0.0159 e. The topological polar surface area (TPSA) is 18.5 Å². The van der Waals surface area contributed by atoms with Gasteiger partial charge in [0.05, 0.1) is 0 Å². The molecule has 1 heterocycles. The molecule has 2 rings (SSSR count). The first-order valence-electron chi connectivity index (χ1n) is 8.25. The highest BCUT2D eigenvalue weighted by atomic mass is 15.3. The summed E-state index contributed by atoms with van der Waals surface area (Å²) in [6, 6.07) is 0.710. The molecular weight excluding hydrogens is 234 g/mol. The van der Waals surface area contributed by atoms with Gasteiger partial charge in [0.1, 0.15) is 0 Å². The van der Waals surface area contributed by atoms with Crippen molar-refractivity contribution in [2.75, 3.05) is 45.8 Å². The van der Waals surface area contributed by atoms with Gasteiger partial charge in [0.25, 0.3) is 0 Å². The van der Waals surface area contributed by atoms with Crippen molar-refractivity contribution in [2.45, 2.75) is 46.6 Å². The van der Waals surface area contributed by atoms with Crippen LogP contribution in [0.15, 0.2) is 0 Å². The lowest BCUT2D eigenvalue weighted by molar-refractivity contribution is 0.111. The molecule has 1 saturated carbocycles. The van der Waals surface area contributed by atoms with Gasteiger partial charge in [0.15, 0.2) is 0 Å². The molecule has 1 aliphatic heterocycles. The minimum atomic E-state index is 0.478. The van der Waals surface area contributed by atoms with Crippen molar-refractivity contribution in [3.05, 3.63) is 0 Å². The fourth-order valence-electron chi connectivity index (χ4n) is 4.00. The van der Waals surface area contributed by atoms with Crippen molar-refractivity contribution in [1.29, 1.82) is 0 Å². The Balaban J connectivity index is 1.85. The second-order valence-electron chi connectivity index (χ2n) is 7.06. The highest BCUT2D eigenvalue weighted by Gasteiger charge is 2.41. The van der Waals surface area contributed by atoms with Crippen molar-refractivity contribution in [2.24, 2.45) is 11.3 Å². The third-order valence-electron chi connectivity index (χ3n) is 5.30. The van der Waals surface area contributed by atoms with Gasteiger partial charge in [0.2, 0.25) is 0 Å². The van der Waals surface area contributed by atoms with Crippen molar-refractivity contribution >= 4 is 0 Å². The van der Waals surface area contributed by atoms with Crippen LogP contribution in [0.2, 0.25) is 0 Å². The number of piperazine rings is 1. The van der Waals surface area contributed by atoms with Crippen LogP contribution in [0.5, 0.6) is 0 Å². The van der Waals surface area contributed by atoms with Crippen LogP contribution in [0, 0.1) is 11.3 Å². The largest absolute Gasteiger partial charge is 0.313 e. The van der Waals surface area contributed by atoms with E-state index in [0.717, 1.165) is 12.5 Å². The zero-order chi connectivity index (χ0) is 13.9. The van der Waals surface area contributed by atoms with Crippen LogP contribution in [0.4, 0.5) is 0 Å². The van der Waals surface area contributed by atoms with Crippen LogP contribution in [-0.4, -0.2) is 61.7 Å². The average Bonchev–Trinajstić information content (AvgIpc) is 2.68. The molecule has 2 atom stereocenters. The highest BCUT2D eigenvalue weighted by molar-refractivity contribution is 4.97. The van der Waals surface area contributed by atoms with E-state index in [0.29, 0.717) is 11.5 Å². The summed E-state index contributed by atoms with van der Waals surface area (Å²) in [5.41, 5.74) is 0.478. The molecule has 0 amide bonds. The molecule has 0 bridgehead atoms. The summed E-state index contributed by atoms with van der Waals surface area (Å²) in [7, 11) is 0. The number of nitrogens with zero attached hydrogens (tertiary/aromatic N) is 2. The fraction of sp³-hybridized carbons (Fsp3) is 1.00. The predicted octanol–water partition coefficient (Wildman–Crippen LogP) is 2.04. The van der Waals surface area contributed by atoms with E-state index in [2.05, 4.69) is 42.8 Å². The summed E-state index contributed by atoms with van der Waals surface area (Å²) in [4.78, 5) is 5.26. The zero-order valence-electron chi connectivity index (χ0n) is 13.4. The summed E-state index contributed by atoms with van der Waals surface area (Å²) >= 11 is 0. The molecule has 2 fully saturated rings. The molecule has 0 radical (unpaired) electrons. The van der Waals surface area contributed by atoms with Crippen LogP contribution in [0.25, 0.3) is 0 Å². The van der Waals surface area contributed by atoms with E-state index in [9.17, 15) is 0 Å². The number of likely N-dealkylation sites (N-methyl/N-ethyl adjacent to an activating group) is 1. The third kappa shape index (κ3) is 3.71. The Kier molecular flexibility index (Phi) is 5.27. The Bertz CT molecular complexity index is 269. The van der Waals surface area contributed by atoms with Gasteiger partial charge in [-0.05, 0) is 37.3 Å². The van der Waals surface area contributed by atoms with E-state index in [-0.39, 0.29) is 0 Å². The highest BCUT2D eigenvalue weighted by Crippen LogP contribution is 2.41. The monoisotopic (exact) mass is 267 g/mol. The lowest BCUT2D eigenvalue weighted by Gasteiger charge is -2.38. The SMILES string of the molecule is CCNC1C(CN2CCN(CC)CC2)CCC1(C)C. The van der Waals surface area contributed by atoms with E-state index >= 15 is 0 Å². The molecule has 0 spiro atoms. The Morgan fingerprint density at radius 3 is 2.26 bits per heavy atom. The maximum atomic E-state index is 3.76. The number of rotatable bonds is 5. The fourth-order valence-corrected chi connectivity index (χ4v) is 4.00. The first-order chi connectivity index (χ1) is 9.06. The minimum absolute atomic E-state index is 0.478. The van der Waals surface area contributed by atoms with Gasteiger partial charge >= 0.3 is 0 Å². The number of hydrogen-bond donors (Lipinski definition) is 1. The average molecular weight is 267 g/mol. The van der Waals surface area contributed by atoms with E-state index in [1.165, 1.54) is 52.1 Å². The van der Waals surface area contributed by atoms with Gasteiger partial charge in [0, 0.05) is 38.8 Å².